The van der Waals surface area contributed by atoms with Crippen molar-refractivity contribution < 1.29 is 30.6 Å². The zero-order chi connectivity index (χ0) is 18.2. The lowest BCUT2D eigenvalue weighted by molar-refractivity contribution is -0.267. The fourth-order valence-corrected chi connectivity index (χ4v) is 3.32. The van der Waals surface area contributed by atoms with Crippen LogP contribution in [-0.4, -0.2) is 66.8 Å². The largest absolute Gasteiger partial charge is 0.387 e. The van der Waals surface area contributed by atoms with Crippen molar-refractivity contribution in [1.82, 2.24) is 0 Å². The van der Waals surface area contributed by atoms with Gasteiger partial charge in [0.25, 0.3) is 0 Å². The van der Waals surface area contributed by atoms with Gasteiger partial charge in [-0.1, -0.05) is 54.6 Å². The number of benzene rings is 2. The lowest BCUT2D eigenvalue weighted by Crippen LogP contribution is -2.71. The fraction of sp³-hybridized carbons (Fsp3) is 0.368. The highest BCUT2D eigenvalue weighted by atomic mass is 16.4. The van der Waals surface area contributed by atoms with Crippen LogP contribution < -0.4 is 0 Å². The average molecular weight is 346 g/mol. The van der Waals surface area contributed by atoms with E-state index in [2.05, 4.69) is 0 Å². The van der Waals surface area contributed by atoms with Crippen molar-refractivity contribution in [2.45, 2.75) is 42.5 Å². The van der Waals surface area contributed by atoms with Gasteiger partial charge < -0.3 is 30.6 Å². The molecule has 0 amide bonds. The lowest BCUT2D eigenvalue weighted by atomic mass is 9.72. The second-order valence-electron chi connectivity index (χ2n) is 6.59. The van der Waals surface area contributed by atoms with E-state index >= 15 is 0 Å². The molecule has 6 N–H and O–H groups in total. The first-order chi connectivity index (χ1) is 11.8. The molecule has 1 aliphatic carbocycles. The van der Waals surface area contributed by atoms with Crippen molar-refractivity contribution in [3.05, 3.63) is 60.2 Å². The minimum absolute atomic E-state index is 0.189. The number of hydrogen-bond donors (Lipinski definition) is 6. The molecule has 2 unspecified atom stereocenters. The number of aliphatic hydroxyl groups is 6. The van der Waals surface area contributed by atoms with E-state index in [4.69, 9.17) is 0 Å². The maximum atomic E-state index is 10.7. The van der Waals surface area contributed by atoms with Crippen LogP contribution in [0.15, 0.2) is 54.6 Å². The van der Waals surface area contributed by atoms with Crippen LogP contribution in [0.25, 0.3) is 11.1 Å². The predicted molar refractivity (Wildman–Crippen MR) is 90.6 cm³/mol. The summed E-state index contributed by atoms with van der Waals surface area (Å²) in [4.78, 5) is 0. The highest BCUT2D eigenvalue weighted by molar-refractivity contribution is 5.63. The average Bonchev–Trinajstić information content (AvgIpc) is 2.65. The van der Waals surface area contributed by atoms with Crippen LogP contribution in [-0.2, 0) is 6.42 Å². The van der Waals surface area contributed by atoms with E-state index in [1.165, 1.54) is 0 Å². The maximum Gasteiger partial charge on any atom is 0.125 e. The van der Waals surface area contributed by atoms with Gasteiger partial charge in [-0.05, 0) is 16.7 Å². The van der Waals surface area contributed by atoms with Crippen molar-refractivity contribution >= 4 is 0 Å². The predicted octanol–water partition coefficient (Wildman–Crippen LogP) is -0.555. The van der Waals surface area contributed by atoms with Crippen LogP contribution in [0.4, 0.5) is 0 Å². The SMILES string of the molecule is OC1[C@@H](O)[C@@H](O)C(O)(Cc2ccc(-c3ccccc3)cc2)[C@H](O)[C@H]1O. The summed E-state index contributed by atoms with van der Waals surface area (Å²) in [5.74, 6) is 0. The summed E-state index contributed by atoms with van der Waals surface area (Å²) in [5, 5.41) is 60.1. The van der Waals surface area contributed by atoms with E-state index in [9.17, 15) is 30.6 Å². The fourth-order valence-electron chi connectivity index (χ4n) is 3.32. The Balaban J connectivity index is 1.83. The highest BCUT2D eigenvalue weighted by Gasteiger charge is 2.57. The Morgan fingerprint density at radius 2 is 1.12 bits per heavy atom. The molecule has 0 spiro atoms. The Labute approximate surface area is 145 Å². The molecule has 134 valence electrons. The highest BCUT2D eigenvalue weighted by Crippen LogP contribution is 2.33. The Hall–Kier alpha value is -1.80. The molecule has 25 heavy (non-hydrogen) atoms. The normalized spacial score (nSPS) is 35.5. The van der Waals surface area contributed by atoms with Gasteiger partial charge in [-0.15, -0.1) is 0 Å². The molecule has 0 saturated heterocycles. The van der Waals surface area contributed by atoms with Crippen molar-refractivity contribution in [1.29, 1.82) is 0 Å². The zero-order valence-corrected chi connectivity index (χ0v) is 13.5. The molecule has 1 fully saturated rings. The van der Waals surface area contributed by atoms with Gasteiger partial charge in [-0.25, -0.2) is 0 Å². The third-order valence-electron chi connectivity index (χ3n) is 4.92. The quantitative estimate of drug-likeness (QED) is 0.443. The molecule has 6 heteroatoms. The van der Waals surface area contributed by atoms with Gasteiger partial charge in [0.1, 0.15) is 36.1 Å². The molecule has 0 bridgehead atoms. The van der Waals surface area contributed by atoms with Crippen LogP contribution in [0.2, 0.25) is 0 Å². The van der Waals surface area contributed by atoms with E-state index in [0.29, 0.717) is 5.56 Å². The van der Waals surface area contributed by atoms with E-state index in [-0.39, 0.29) is 6.42 Å². The van der Waals surface area contributed by atoms with Crippen LogP contribution >= 0.6 is 0 Å². The Morgan fingerprint density at radius 1 is 0.640 bits per heavy atom. The molecule has 6 nitrogen and oxygen atoms in total. The molecule has 3 rings (SSSR count). The number of rotatable bonds is 3. The summed E-state index contributed by atoms with van der Waals surface area (Å²) >= 11 is 0. The first-order valence-corrected chi connectivity index (χ1v) is 8.11. The summed E-state index contributed by atoms with van der Waals surface area (Å²) in [6.07, 6.45) is -9.03. The van der Waals surface area contributed by atoms with Gasteiger partial charge in [0.05, 0.1) is 0 Å². The Bertz CT molecular complexity index is 686. The molecule has 0 aromatic heterocycles. The molecule has 1 saturated carbocycles. The van der Waals surface area contributed by atoms with Crippen LogP contribution in [0.5, 0.6) is 0 Å². The molecule has 0 heterocycles. The summed E-state index contributed by atoms with van der Waals surface area (Å²) in [7, 11) is 0. The van der Waals surface area contributed by atoms with Crippen molar-refractivity contribution in [2.75, 3.05) is 0 Å². The third kappa shape index (κ3) is 3.20. The Kier molecular flexibility index (Phi) is 4.92. The minimum Gasteiger partial charge on any atom is -0.387 e. The van der Waals surface area contributed by atoms with E-state index in [1.54, 1.807) is 12.1 Å². The molecule has 6 atom stereocenters. The summed E-state index contributed by atoms with van der Waals surface area (Å²) in [6, 6.07) is 16.9. The van der Waals surface area contributed by atoms with Gasteiger partial charge in [0.15, 0.2) is 0 Å². The smallest absolute Gasteiger partial charge is 0.125 e. The van der Waals surface area contributed by atoms with Gasteiger partial charge in [-0.3, -0.25) is 0 Å². The molecule has 2 aromatic carbocycles. The summed E-state index contributed by atoms with van der Waals surface area (Å²) < 4.78 is 0. The van der Waals surface area contributed by atoms with Gasteiger partial charge in [0, 0.05) is 6.42 Å². The standard InChI is InChI=1S/C19H22O6/c20-14-15(21)17(23)19(25,18(24)16(14)22)10-11-6-8-13(9-7-11)12-4-2-1-3-5-12/h1-9,14-18,20-25H,10H2/t14?,15-,16+,17-,18-,19?/m1/s1. The van der Waals surface area contributed by atoms with E-state index < -0.39 is 36.1 Å². The van der Waals surface area contributed by atoms with Crippen molar-refractivity contribution in [3.8, 4) is 11.1 Å². The first-order valence-electron chi connectivity index (χ1n) is 8.11. The lowest BCUT2D eigenvalue weighted by Gasteiger charge is -2.47. The van der Waals surface area contributed by atoms with Crippen molar-refractivity contribution in [2.24, 2.45) is 0 Å². The molecular formula is C19H22O6. The maximum absolute atomic E-state index is 10.7. The minimum atomic E-state index is -2.17. The first kappa shape index (κ1) is 18.0. The summed E-state index contributed by atoms with van der Waals surface area (Å²) in [5.41, 5.74) is 0.430. The van der Waals surface area contributed by atoms with Crippen molar-refractivity contribution in [3.63, 3.8) is 0 Å². The second-order valence-corrected chi connectivity index (χ2v) is 6.59. The molecule has 2 aromatic rings. The molecular weight excluding hydrogens is 324 g/mol. The van der Waals surface area contributed by atoms with E-state index in [0.717, 1.165) is 11.1 Å². The monoisotopic (exact) mass is 346 g/mol. The topological polar surface area (TPSA) is 121 Å². The number of aliphatic hydroxyl groups excluding tert-OH is 5. The second kappa shape index (κ2) is 6.84. The molecule has 1 aliphatic rings. The number of hydrogen-bond acceptors (Lipinski definition) is 6. The van der Waals surface area contributed by atoms with Gasteiger partial charge in [0.2, 0.25) is 0 Å². The zero-order valence-electron chi connectivity index (χ0n) is 13.5. The third-order valence-corrected chi connectivity index (χ3v) is 4.92. The van der Waals surface area contributed by atoms with Crippen LogP contribution in [0.1, 0.15) is 5.56 Å². The van der Waals surface area contributed by atoms with Crippen LogP contribution in [0.3, 0.4) is 0 Å². The molecule has 0 aliphatic heterocycles. The van der Waals surface area contributed by atoms with Gasteiger partial charge >= 0.3 is 0 Å². The van der Waals surface area contributed by atoms with E-state index in [1.807, 2.05) is 42.5 Å². The Morgan fingerprint density at radius 3 is 1.64 bits per heavy atom. The summed E-state index contributed by atoms with van der Waals surface area (Å²) in [6.45, 7) is 0. The van der Waals surface area contributed by atoms with Gasteiger partial charge in [-0.2, -0.15) is 0 Å². The molecule has 0 radical (unpaired) electrons. The van der Waals surface area contributed by atoms with Crippen LogP contribution in [0, 0.1) is 0 Å².